The van der Waals surface area contributed by atoms with Crippen LogP contribution in [0.15, 0.2) is 84.9 Å². The molecule has 2 unspecified atom stereocenters. The quantitative estimate of drug-likeness (QED) is 0.0612. The molecular weight excluding hydrogens is 737 g/mol. The van der Waals surface area contributed by atoms with Gasteiger partial charge in [0.2, 0.25) is 0 Å². The van der Waals surface area contributed by atoms with E-state index in [0.29, 0.717) is 12.8 Å². The van der Waals surface area contributed by atoms with Gasteiger partial charge in [0.1, 0.15) is 25.0 Å². The minimum atomic E-state index is -0.611. The van der Waals surface area contributed by atoms with E-state index >= 15 is 0 Å². The lowest BCUT2D eigenvalue weighted by atomic mass is 10.1. The Morgan fingerprint density at radius 1 is 0.519 bits per heavy atom. The Bertz CT molecular complexity index is 2220. The van der Waals surface area contributed by atoms with Crippen molar-refractivity contribution in [2.75, 3.05) is 13.2 Å². The summed E-state index contributed by atoms with van der Waals surface area (Å²) in [7, 11) is 0. The number of hydrogen-bond acceptors (Lipinski definition) is 12. The molecule has 0 amide bonds. The third kappa shape index (κ3) is 8.05. The van der Waals surface area contributed by atoms with Gasteiger partial charge in [0, 0.05) is 52.2 Å². The van der Waals surface area contributed by atoms with E-state index in [2.05, 4.69) is 24.3 Å². The summed E-state index contributed by atoms with van der Waals surface area (Å²) in [6, 6.07) is 28.4. The molecule has 0 bridgehead atoms. The lowest BCUT2D eigenvalue weighted by Crippen LogP contribution is -2.17. The fourth-order valence-electron chi connectivity index (χ4n) is 6.07. The monoisotopic (exact) mass is 770 g/mol. The maximum Gasteiger partial charge on any atom is 0.317 e. The minimum Gasteiger partial charge on any atom is -0.466 e. The second-order valence-electron chi connectivity index (χ2n) is 12.0. The van der Waals surface area contributed by atoms with Crippen LogP contribution >= 0.6 is 45.3 Å². The standard InChI is InChI=1S/C40H34O8S4/c1-3-45-35(41)21-37(43)47-27(15-23-11-7-5-8-12-23)31-19-33-39(51-31)25-17-30-26(18-29(25)49-33)40-34(50-30)20-32(52-40)28(16-24-13-9-6-10-14-24)48-38(44)22-36(42)46-4-2/h5-14,17-20,27-28H,3-4,15-16,21-22H2,1-2H3. The van der Waals surface area contributed by atoms with Gasteiger partial charge in [-0.05, 0) is 49.2 Å². The van der Waals surface area contributed by atoms with Crippen molar-refractivity contribution < 1.29 is 38.1 Å². The Hall–Kier alpha value is -4.62. The number of benzene rings is 3. The molecule has 0 aliphatic heterocycles. The van der Waals surface area contributed by atoms with Crippen LogP contribution in [0.4, 0.5) is 0 Å². The average molecular weight is 771 g/mol. The van der Waals surface area contributed by atoms with Crippen LogP contribution in [0, 0.1) is 0 Å². The van der Waals surface area contributed by atoms with E-state index in [4.69, 9.17) is 18.9 Å². The molecule has 3 aromatic carbocycles. The van der Waals surface area contributed by atoms with Crippen molar-refractivity contribution in [1.29, 1.82) is 0 Å². The number of esters is 4. The Morgan fingerprint density at radius 2 is 0.923 bits per heavy atom. The van der Waals surface area contributed by atoms with Crippen molar-refractivity contribution in [3.05, 3.63) is 106 Å². The number of rotatable bonds is 14. The van der Waals surface area contributed by atoms with Gasteiger partial charge in [0.25, 0.3) is 0 Å². The molecule has 7 aromatic rings. The molecule has 0 aliphatic rings. The zero-order chi connectivity index (χ0) is 36.2. The highest BCUT2D eigenvalue weighted by Gasteiger charge is 2.26. The number of hydrogen-bond donors (Lipinski definition) is 0. The molecule has 52 heavy (non-hydrogen) atoms. The minimum absolute atomic E-state index is 0.202. The molecule has 2 atom stereocenters. The van der Waals surface area contributed by atoms with Crippen LogP contribution in [0.5, 0.6) is 0 Å². The molecule has 4 aromatic heterocycles. The smallest absolute Gasteiger partial charge is 0.317 e. The van der Waals surface area contributed by atoms with Crippen LogP contribution in [0.25, 0.3) is 39.0 Å². The summed E-state index contributed by atoms with van der Waals surface area (Å²) in [6.45, 7) is 3.81. The highest BCUT2D eigenvalue weighted by Crippen LogP contribution is 2.48. The van der Waals surface area contributed by atoms with Crippen LogP contribution < -0.4 is 0 Å². The van der Waals surface area contributed by atoms with E-state index in [0.717, 1.165) is 59.9 Å². The highest BCUT2D eigenvalue weighted by molar-refractivity contribution is 7.34. The largest absolute Gasteiger partial charge is 0.466 e. The predicted octanol–water partition coefficient (Wildman–Crippen LogP) is 10.1. The predicted molar refractivity (Wildman–Crippen MR) is 208 cm³/mol. The van der Waals surface area contributed by atoms with Gasteiger partial charge in [-0.15, -0.1) is 45.3 Å². The Balaban J connectivity index is 1.19. The molecule has 0 aliphatic carbocycles. The molecule has 4 heterocycles. The van der Waals surface area contributed by atoms with E-state index in [1.165, 1.54) is 0 Å². The van der Waals surface area contributed by atoms with Crippen molar-refractivity contribution in [2.24, 2.45) is 0 Å². The molecule has 8 nitrogen and oxygen atoms in total. The van der Waals surface area contributed by atoms with Crippen molar-refractivity contribution in [1.82, 2.24) is 0 Å². The van der Waals surface area contributed by atoms with E-state index < -0.39 is 48.9 Å². The van der Waals surface area contributed by atoms with Crippen LogP contribution in [-0.2, 0) is 51.0 Å². The fraction of sp³-hybridized carbons (Fsp3) is 0.250. The lowest BCUT2D eigenvalue weighted by Gasteiger charge is -2.17. The van der Waals surface area contributed by atoms with Gasteiger partial charge < -0.3 is 18.9 Å². The van der Waals surface area contributed by atoms with Crippen LogP contribution in [-0.4, -0.2) is 37.1 Å². The zero-order valence-corrected chi connectivity index (χ0v) is 31.6. The van der Waals surface area contributed by atoms with Gasteiger partial charge in [-0.1, -0.05) is 60.7 Å². The lowest BCUT2D eigenvalue weighted by molar-refractivity contribution is -0.159. The summed E-state index contributed by atoms with van der Waals surface area (Å²) in [4.78, 5) is 51.4. The highest BCUT2D eigenvalue weighted by atomic mass is 32.1. The first kappa shape index (κ1) is 35.8. The average Bonchev–Trinajstić information content (AvgIpc) is 3.88. The van der Waals surface area contributed by atoms with Crippen LogP contribution in [0.3, 0.4) is 0 Å². The second-order valence-corrected chi connectivity index (χ2v) is 16.4. The molecular formula is C40H34O8S4. The molecule has 0 radical (unpaired) electrons. The van der Waals surface area contributed by atoms with Crippen LogP contribution in [0.1, 0.15) is 59.8 Å². The van der Waals surface area contributed by atoms with Crippen molar-refractivity contribution in [3.63, 3.8) is 0 Å². The maximum atomic E-state index is 12.8. The first-order valence-corrected chi connectivity index (χ1v) is 20.1. The van der Waals surface area contributed by atoms with Gasteiger partial charge in [-0.3, -0.25) is 19.2 Å². The second kappa shape index (κ2) is 16.0. The SMILES string of the molecule is CCOC(=O)CC(=O)OC(Cc1ccccc1)c1cc2sc3cc4c(cc3c2s1)sc1cc(C(Cc2ccccc2)OC(=O)CC(=O)OCC)sc14. The first-order chi connectivity index (χ1) is 25.3. The van der Waals surface area contributed by atoms with Gasteiger partial charge in [0.15, 0.2) is 0 Å². The molecule has 0 fully saturated rings. The zero-order valence-electron chi connectivity index (χ0n) is 28.4. The van der Waals surface area contributed by atoms with Crippen molar-refractivity contribution >= 4 is 108 Å². The van der Waals surface area contributed by atoms with E-state index in [1.54, 1.807) is 59.2 Å². The number of fused-ring (bicyclic) bond motifs is 6. The topological polar surface area (TPSA) is 105 Å². The summed E-state index contributed by atoms with van der Waals surface area (Å²) in [5, 5.41) is 2.29. The van der Waals surface area contributed by atoms with E-state index in [9.17, 15) is 19.2 Å². The molecule has 7 rings (SSSR count). The van der Waals surface area contributed by atoms with Gasteiger partial charge in [-0.2, -0.15) is 0 Å². The third-order valence-corrected chi connectivity index (χ3v) is 13.3. The molecule has 12 heteroatoms. The fourth-order valence-corrected chi connectivity index (χ4v) is 11.2. The van der Waals surface area contributed by atoms with E-state index in [1.807, 2.05) is 60.7 Å². The number of ether oxygens (including phenoxy) is 4. The molecule has 0 N–H and O–H groups in total. The van der Waals surface area contributed by atoms with Gasteiger partial charge in [-0.25, -0.2) is 0 Å². The molecule has 0 spiro atoms. The summed E-state index contributed by atoms with van der Waals surface area (Å²) in [6.07, 6.45) is -0.988. The normalized spacial score (nSPS) is 12.7. The summed E-state index contributed by atoms with van der Waals surface area (Å²) < 4.78 is 28.5. The Morgan fingerprint density at radius 3 is 1.31 bits per heavy atom. The van der Waals surface area contributed by atoms with Gasteiger partial charge >= 0.3 is 23.9 Å². The Kier molecular flexibility index (Phi) is 11.0. The van der Waals surface area contributed by atoms with Crippen molar-refractivity contribution in [3.8, 4) is 0 Å². The van der Waals surface area contributed by atoms with Crippen LogP contribution in [0.2, 0.25) is 0 Å². The van der Waals surface area contributed by atoms with Gasteiger partial charge in [0.05, 0.1) is 22.6 Å². The third-order valence-electron chi connectivity index (χ3n) is 8.34. The summed E-state index contributed by atoms with van der Waals surface area (Å²) in [5.74, 6) is -2.42. The number of carbonyl (C=O) groups excluding carboxylic acids is 4. The first-order valence-electron chi connectivity index (χ1n) is 16.9. The molecule has 0 saturated carbocycles. The van der Waals surface area contributed by atoms with E-state index in [-0.39, 0.29) is 13.2 Å². The molecule has 0 saturated heterocycles. The summed E-state index contributed by atoms with van der Waals surface area (Å²) >= 11 is 6.61. The Labute approximate surface area is 315 Å². The molecule has 266 valence electrons. The summed E-state index contributed by atoms with van der Waals surface area (Å²) in [5.41, 5.74) is 2.05. The number of thiophene rings is 4. The van der Waals surface area contributed by atoms with Crippen molar-refractivity contribution in [2.45, 2.75) is 51.7 Å². The number of carbonyl (C=O) groups is 4. The maximum absolute atomic E-state index is 12.8.